The van der Waals surface area contributed by atoms with Gasteiger partial charge in [-0.2, -0.15) is 10.2 Å². The number of aromatic nitrogens is 2. The van der Waals surface area contributed by atoms with Gasteiger partial charge in [0.15, 0.2) is 0 Å². The number of nitrogens with zero attached hydrogens (tertiary/aromatic N) is 3. The number of hydrogen-bond acceptors (Lipinski definition) is 8. The molecule has 5 fully saturated rings. The van der Waals surface area contributed by atoms with Gasteiger partial charge in [-0.05, 0) is 92.6 Å². The lowest BCUT2D eigenvalue weighted by Gasteiger charge is -2.61. The monoisotopic (exact) mass is 563 g/mol. The minimum Gasteiger partial charge on any atom is -0.395 e. The number of anilines is 2. The predicted octanol–water partition coefficient (Wildman–Crippen LogP) is 4.70. The highest BCUT2D eigenvalue weighted by molar-refractivity contribution is 6.31. The van der Waals surface area contributed by atoms with Crippen molar-refractivity contribution < 1.29 is 5.11 Å². The summed E-state index contributed by atoms with van der Waals surface area (Å²) in [6, 6.07) is 11.8. The van der Waals surface area contributed by atoms with Crippen molar-refractivity contribution in [2.24, 2.45) is 23.2 Å². The summed E-state index contributed by atoms with van der Waals surface area (Å²) >= 11 is 6.31. The Morgan fingerprint density at radius 3 is 2.50 bits per heavy atom. The Balaban J connectivity index is 1.06. The number of benzene rings is 1. The lowest BCUT2D eigenvalue weighted by Crippen LogP contribution is -2.61. The van der Waals surface area contributed by atoms with E-state index < -0.39 is 0 Å². The Morgan fingerprint density at radius 1 is 1.02 bits per heavy atom. The third-order valence-electron chi connectivity index (χ3n) is 10.0. The van der Waals surface area contributed by atoms with E-state index in [2.05, 4.69) is 32.3 Å². The van der Waals surface area contributed by atoms with Gasteiger partial charge in [0.1, 0.15) is 17.5 Å². The van der Waals surface area contributed by atoms with Gasteiger partial charge in [0, 0.05) is 42.8 Å². The van der Waals surface area contributed by atoms with E-state index in [1.807, 2.05) is 24.3 Å². The molecule has 4 bridgehead atoms. The molecule has 9 heteroatoms. The maximum Gasteiger partial charge on any atom is 0.224 e. The molecule has 0 radical (unpaired) electrons. The summed E-state index contributed by atoms with van der Waals surface area (Å²) in [5, 5.41) is 34.0. The van der Waals surface area contributed by atoms with Crippen LogP contribution >= 0.6 is 11.6 Å². The number of nitriles is 1. The molecular formula is C31H42ClN7O. The average Bonchev–Trinajstić information content (AvgIpc) is 2.97. The summed E-state index contributed by atoms with van der Waals surface area (Å²) in [5.74, 6) is 3.43. The zero-order chi connectivity index (χ0) is 27.5. The standard InChI is InChI=1S/C31H42ClN7O/c32-27-4-2-1-3-21(27)17-35-30-36-18-24(16-33)29(39-30)37-19-31-13-20-11-22(14-31)28(23(12-20)15-31)38-26-7-5-25(6-8-26)34-9-10-40/h1-4,18,20,22-23,25-26,28,34,38,40H,5-15,17,19H2,(H2,35,36,37,39)/t20?,22-,23?,25-,26+,28+,31?/m0/s1. The molecule has 0 aliphatic heterocycles. The fourth-order valence-corrected chi connectivity index (χ4v) is 8.66. The molecule has 3 unspecified atom stereocenters. The van der Waals surface area contributed by atoms with E-state index in [0.29, 0.717) is 53.6 Å². The first-order valence-corrected chi connectivity index (χ1v) is 15.5. The van der Waals surface area contributed by atoms with Crippen LogP contribution in [0.2, 0.25) is 5.02 Å². The number of aliphatic hydroxyl groups is 1. The van der Waals surface area contributed by atoms with E-state index in [9.17, 15) is 5.26 Å². The maximum absolute atomic E-state index is 9.73. The van der Waals surface area contributed by atoms with Gasteiger partial charge in [0.25, 0.3) is 0 Å². The summed E-state index contributed by atoms with van der Waals surface area (Å²) in [4.78, 5) is 9.06. The summed E-state index contributed by atoms with van der Waals surface area (Å²) in [6.45, 7) is 2.31. The van der Waals surface area contributed by atoms with Gasteiger partial charge in [-0.15, -0.1) is 0 Å². The van der Waals surface area contributed by atoms with Crippen molar-refractivity contribution in [1.82, 2.24) is 20.6 Å². The van der Waals surface area contributed by atoms with Crippen molar-refractivity contribution in [1.29, 1.82) is 5.26 Å². The second kappa shape index (κ2) is 12.2. The molecule has 0 spiro atoms. The van der Waals surface area contributed by atoms with Gasteiger partial charge < -0.3 is 26.4 Å². The molecule has 214 valence electrons. The summed E-state index contributed by atoms with van der Waals surface area (Å²) < 4.78 is 0. The molecule has 5 aliphatic rings. The molecule has 8 nitrogen and oxygen atoms in total. The summed E-state index contributed by atoms with van der Waals surface area (Å²) in [5.41, 5.74) is 1.75. The number of aliphatic hydroxyl groups excluding tert-OH is 1. The van der Waals surface area contributed by atoms with Crippen LogP contribution in [0.5, 0.6) is 0 Å². The Hall–Kier alpha value is -2.44. The largest absolute Gasteiger partial charge is 0.395 e. The Kier molecular flexibility index (Phi) is 8.45. The predicted molar refractivity (Wildman–Crippen MR) is 158 cm³/mol. The van der Waals surface area contributed by atoms with Gasteiger partial charge in [0.05, 0.1) is 12.8 Å². The van der Waals surface area contributed by atoms with Crippen LogP contribution in [-0.4, -0.2) is 52.9 Å². The van der Waals surface area contributed by atoms with Gasteiger partial charge in [0.2, 0.25) is 5.95 Å². The highest BCUT2D eigenvalue weighted by Crippen LogP contribution is 2.60. The molecule has 2 aromatic rings. The molecule has 5 aliphatic carbocycles. The lowest BCUT2D eigenvalue weighted by atomic mass is 9.47. The van der Waals surface area contributed by atoms with E-state index in [4.69, 9.17) is 21.7 Å². The van der Waals surface area contributed by atoms with Crippen LogP contribution in [-0.2, 0) is 6.54 Å². The topological polar surface area (TPSA) is 118 Å². The number of hydrogen-bond donors (Lipinski definition) is 5. The van der Waals surface area contributed by atoms with Crippen molar-refractivity contribution in [2.75, 3.05) is 30.3 Å². The van der Waals surface area contributed by atoms with Gasteiger partial charge in [-0.25, -0.2) is 4.98 Å². The van der Waals surface area contributed by atoms with Crippen LogP contribution in [0.4, 0.5) is 11.8 Å². The van der Waals surface area contributed by atoms with Crippen LogP contribution in [0.25, 0.3) is 0 Å². The average molecular weight is 564 g/mol. The van der Waals surface area contributed by atoms with Crippen LogP contribution in [0.1, 0.15) is 68.9 Å². The third kappa shape index (κ3) is 6.08. The van der Waals surface area contributed by atoms with Crippen molar-refractivity contribution in [3.8, 4) is 6.07 Å². The number of nitrogens with one attached hydrogen (secondary N) is 4. The Labute approximate surface area is 242 Å². The molecule has 5 atom stereocenters. The number of halogens is 1. The van der Waals surface area contributed by atoms with E-state index in [0.717, 1.165) is 29.9 Å². The third-order valence-corrected chi connectivity index (χ3v) is 10.4. The first kappa shape index (κ1) is 27.7. The Bertz CT molecular complexity index is 1190. The van der Waals surface area contributed by atoms with E-state index in [-0.39, 0.29) is 12.0 Å². The van der Waals surface area contributed by atoms with Crippen LogP contribution < -0.4 is 21.3 Å². The SMILES string of the molecule is N#Cc1cnc(NCc2ccccc2Cl)nc1NCC12CC3CC(C1)[C@H](N[C@H]1CC[C@@H](NCCO)CC1)[C@@H](C3)C2. The first-order valence-electron chi connectivity index (χ1n) is 15.1. The summed E-state index contributed by atoms with van der Waals surface area (Å²) in [6.07, 6.45) is 13.0. The highest BCUT2D eigenvalue weighted by Gasteiger charge is 2.55. The van der Waals surface area contributed by atoms with Gasteiger partial charge >= 0.3 is 0 Å². The molecule has 5 saturated carbocycles. The smallest absolute Gasteiger partial charge is 0.224 e. The fraction of sp³-hybridized carbons (Fsp3) is 0.645. The van der Waals surface area contributed by atoms with Gasteiger partial charge in [-0.3, -0.25) is 0 Å². The van der Waals surface area contributed by atoms with E-state index >= 15 is 0 Å². The molecular weight excluding hydrogens is 522 g/mol. The van der Waals surface area contributed by atoms with Crippen molar-refractivity contribution in [3.63, 3.8) is 0 Å². The quantitative estimate of drug-likeness (QED) is 0.267. The van der Waals surface area contributed by atoms with Crippen molar-refractivity contribution >= 4 is 23.4 Å². The molecule has 7 rings (SSSR count). The summed E-state index contributed by atoms with van der Waals surface area (Å²) in [7, 11) is 0. The van der Waals surface area contributed by atoms with Crippen LogP contribution in [0.3, 0.4) is 0 Å². The second-order valence-electron chi connectivity index (χ2n) is 12.8. The molecule has 5 N–H and O–H groups in total. The van der Waals surface area contributed by atoms with Crippen molar-refractivity contribution in [3.05, 3.63) is 46.6 Å². The fourth-order valence-electron chi connectivity index (χ4n) is 8.46. The molecule has 40 heavy (non-hydrogen) atoms. The zero-order valence-corrected chi connectivity index (χ0v) is 24.0. The van der Waals surface area contributed by atoms with Crippen LogP contribution in [0.15, 0.2) is 30.5 Å². The van der Waals surface area contributed by atoms with Crippen molar-refractivity contribution in [2.45, 2.75) is 82.5 Å². The van der Waals surface area contributed by atoms with E-state index in [1.165, 1.54) is 57.8 Å². The lowest BCUT2D eigenvalue weighted by molar-refractivity contribution is -0.0730. The minimum absolute atomic E-state index is 0.220. The normalized spacial score (nSPS) is 32.5. The highest BCUT2D eigenvalue weighted by atomic mass is 35.5. The second-order valence-corrected chi connectivity index (χ2v) is 13.2. The zero-order valence-electron chi connectivity index (χ0n) is 23.2. The molecule has 0 saturated heterocycles. The Morgan fingerprint density at radius 2 is 1.77 bits per heavy atom. The maximum atomic E-state index is 9.73. The minimum atomic E-state index is 0.220. The molecule has 1 heterocycles. The van der Waals surface area contributed by atoms with Gasteiger partial charge in [-0.1, -0.05) is 29.8 Å². The first-order chi connectivity index (χ1) is 19.5. The van der Waals surface area contributed by atoms with Crippen LogP contribution in [0, 0.1) is 34.5 Å². The van der Waals surface area contributed by atoms with E-state index in [1.54, 1.807) is 6.20 Å². The molecule has 1 aromatic carbocycles. The molecule has 1 aromatic heterocycles. The molecule has 0 amide bonds. The number of rotatable bonds is 11.